The van der Waals surface area contributed by atoms with Crippen molar-refractivity contribution >= 4 is 0 Å². The minimum absolute atomic E-state index is 0.255. The first kappa shape index (κ1) is 19.1. The Kier molecular flexibility index (Phi) is 5.14. The summed E-state index contributed by atoms with van der Waals surface area (Å²) in [6, 6.07) is 12.5. The number of aromatic nitrogens is 1. The fraction of sp³-hybridized carbons (Fsp3) is 0.348. The molecule has 156 valence electrons. The SMILES string of the molecule is Cc1c(CN2CCN(Cc3ccc4c(c3)OCO4)CC2)noc1-c1ccc(F)cc1. The van der Waals surface area contributed by atoms with Gasteiger partial charge < -0.3 is 14.0 Å². The molecule has 0 unspecified atom stereocenters. The highest BCUT2D eigenvalue weighted by Crippen LogP contribution is 2.33. The fourth-order valence-corrected chi connectivity index (χ4v) is 4.00. The Balaban J connectivity index is 1.17. The molecule has 0 amide bonds. The molecule has 0 atom stereocenters. The van der Waals surface area contributed by atoms with Gasteiger partial charge in [0.05, 0.1) is 0 Å². The number of halogens is 1. The summed E-state index contributed by atoms with van der Waals surface area (Å²) in [6.45, 7) is 7.93. The highest BCUT2D eigenvalue weighted by atomic mass is 19.1. The Morgan fingerprint density at radius 3 is 2.37 bits per heavy atom. The first-order chi connectivity index (χ1) is 14.7. The molecule has 6 nitrogen and oxygen atoms in total. The van der Waals surface area contributed by atoms with E-state index in [1.54, 1.807) is 12.1 Å². The molecule has 0 aliphatic carbocycles. The van der Waals surface area contributed by atoms with Crippen LogP contribution in [0.25, 0.3) is 11.3 Å². The third-order valence-corrected chi connectivity index (χ3v) is 5.81. The molecule has 0 N–H and O–H groups in total. The molecule has 2 aliphatic rings. The van der Waals surface area contributed by atoms with E-state index in [4.69, 9.17) is 14.0 Å². The smallest absolute Gasteiger partial charge is 0.231 e. The van der Waals surface area contributed by atoms with Gasteiger partial charge in [-0.1, -0.05) is 11.2 Å². The van der Waals surface area contributed by atoms with Gasteiger partial charge in [0, 0.05) is 50.4 Å². The lowest BCUT2D eigenvalue weighted by molar-refractivity contribution is 0.120. The van der Waals surface area contributed by atoms with E-state index in [9.17, 15) is 4.39 Å². The lowest BCUT2D eigenvalue weighted by atomic mass is 10.1. The Morgan fingerprint density at radius 2 is 1.60 bits per heavy atom. The van der Waals surface area contributed by atoms with Crippen molar-refractivity contribution in [1.82, 2.24) is 15.0 Å². The van der Waals surface area contributed by atoms with Crippen LogP contribution in [0.3, 0.4) is 0 Å². The Labute approximate surface area is 174 Å². The second kappa shape index (κ2) is 8.08. The van der Waals surface area contributed by atoms with Crippen LogP contribution in [-0.2, 0) is 13.1 Å². The third kappa shape index (κ3) is 3.91. The molecule has 0 radical (unpaired) electrons. The maximum absolute atomic E-state index is 13.2. The van der Waals surface area contributed by atoms with Crippen LogP contribution in [0, 0.1) is 12.7 Å². The summed E-state index contributed by atoms with van der Waals surface area (Å²) >= 11 is 0. The molecular weight excluding hydrogens is 385 g/mol. The highest BCUT2D eigenvalue weighted by Gasteiger charge is 2.22. The third-order valence-electron chi connectivity index (χ3n) is 5.81. The molecule has 7 heteroatoms. The van der Waals surface area contributed by atoms with Crippen molar-refractivity contribution < 1.29 is 18.4 Å². The van der Waals surface area contributed by atoms with Crippen molar-refractivity contribution in [3.8, 4) is 22.8 Å². The summed E-state index contributed by atoms with van der Waals surface area (Å²) in [4.78, 5) is 4.85. The molecule has 2 aromatic carbocycles. The van der Waals surface area contributed by atoms with Crippen molar-refractivity contribution in [1.29, 1.82) is 0 Å². The van der Waals surface area contributed by atoms with Gasteiger partial charge in [0.25, 0.3) is 0 Å². The van der Waals surface area contributed by atoms with E-state index < -0.39 is 0 Å². The van der Waals surface area contributed by atoms with Gasteiger partial charge in [0.2, 0.25) is 6.79 Å². The molecule has 5 rings (SSSR count). The van der Waals surface area contributed by atoms with E-state index in [1.165, 1.54) is 17.7 Å². The van der Waals surface area contributed by atoms with Crippen LogP contribution in [0.4, 0.5) is 4.39 Å². The predicted octanol–water partition coefficient (Wildman–Crippen LogP) is 3.84. The molecular formula is C23H24FN3O3. The molecule has 30 heavy (non-hydrogen) atoms. The van der Waals surface area contributed by atoms with Gasteiger partial charge in [-0.15, -0.1) is 0 Å². The van der Waals surface area contributed by atoms with Gasteiger partial charge in [-0.25, -0.2) is 4.39 Å². The maximum atomic E-state index is 13.2. The van der Waals surface area contributed by atoms with Gasteiger partial charge >= 0.3 is 0 Å². The van der Waals surface area contributed by atoms with Crippen molar-refractivity contribution in [2.45, 2.75) is 20.0 Å². The summed E-state index contributed by atoms with van der Waals surface area (Å²) in [5.74, 6) is 2.12. The number of ether oxygens (including phenoxy) is 2. The zero-order valence-corrected chi connectivity index (χ0v) is 16.9. The molecule has 1 aromatic heterocycles. The number of piperazine rings is 1. The molecule has 1 fully saturated rings. The van der Waals surface area contributed by atoms with E-state index in [0.717, 1.165) is 67.6 Å². The van der Waals surface area contributed by atoms with E-state index in [1.807, 2.05) is 13.0 Å². The average molecular weight is 409 g/mol. The van der Waals surface area contributed by atoms with Crippen molar-refractivity contribution in [3.05, 3.63) is 65.1 Å². The van der Waals surface area contributed by atoms with Gasteiger partial charge in [-0.3, -0.25) is 9.80 Å². The average Bonchev–Trinajstić information content (AvgIpc) is 3.37. The summed E-state index contributed by atoms with van der Waals surface area (Å²) in [6.07, 6.45) is 0. The lowest BCUT2D eigenvalue weighted by Gasteiger charge is -2.34. The van der Waals surface area contributed by atoms with Crippen molar-refractivity contribution in [2.24, 2.45) is 0 Å². The molecule has 0 saturated carbocycles. The van der Waals surface area contributed by atoms with Gasteiger partial charge in [-0.05, 0) is 48.9 Å². The number of hydrogen-bond acceptors (Lipinski definition) is 6. The second-order valence-corrected chi connectivity index (χ2v) is 7.83. The number of fused-ring (bicyclic) bond motifs is 1. The molecule has 0 spiro atoms. The topological polar surface area (TPSA) is 51.0 Å². The first-order valence-electron chi connectivity index (χ1n) is 10.2. The lowest BCUT2D eigenvalue weighted by Crippen LogP contribution is -2.45. The van der Waals surface area contributed by atoms with E-state index in [0.29, 0.717) is 12.6 Å². The van der Waals surface area contributed by atoms with E-state index >= 15 is 0 Å². The molecule has 3 heterocycles. The maximum Gasteiger partial charge on any atom is 0.231 e. The molecule has 0 bridgehead atoms. The normalized spacial score (nSPS) is 16.9. The van der Waals surface area contributed by atoms with Crippen molar-refractivity contribution in [2.75, 3.05) is 33.0 Å². The molecule has 2 aliphatic heterocycles. The van der Waals surface area contributed by atoms with Crippen LogP contribution in [0.5, 0.6) is 11.5 Å². The molecule has 1 saturated heterocycles. The van der Waals surface area contributed by atoms with E-state index in [-0.39, 0.29) is 5.82 Å². The van der Waals surface area contributed by atoms with Gasteiger partial charge in [0.15, 0.2) is 17.3 Å². The fourth-order valence-electron chi connectivity index (χ4n) is 4.00. The first-order valence-corrected chi connectivity index (χ1v) is 10.2. The van der Waals surface area contributed by atoms with Gasteiger partial charge in [-0.2, -0.15) is 0 Å². The van der Waals surface area contributed by atoms with Crippen molar-refractivity contribution in [3.63, 3.8) is 0 Å². The Morgan fingerprint density at radius 1 is 0.900 bits per heavy atom. The van der Waals surface area contributed by atoms with Crippen LogP contribution >= 0.6 is 0 Å². The van der Waals surface area contributed by atoms with E-state index in [2.05, 4.69) is 27.1 Å². The highest BCUT2D eigenvalue weighted by molar-refractivity contribution is 5.61. The Hall–Kier alpha value is -2.90. The standard InChI is InChI=1S/C23H24FN3O3/c1-16-20(25-30-23(16)18-3-5-19(24)6-4-18)14-27-10-8-26(9-11-27)13-17-2-7-21-22(12-17)29-15-28-21/h2-7,12H,8-11,13-15H2,1H3. The minimum Gasteiger partial charge on any atom is -0.454 e. The minimum atomic E-state index is -0.255. The number of rotatable bonds is 5. The van der Waals surface area contributed by atoms with Crippen LogP contribution in [-0.4, -0.2) is 47.9 Å². The Bertz CT molecular complexity index is 1030. The number of benzene rings is 2. The zero-order chi connectivity index (χ0) is 20.5. The summed E-state index contributed by atoms with van der Waals surface area (Å²) in [7, 11) is 0. The van der Waals surface area contributed by atoms with Crippen LogP contribution in [0.2, 0.25) is 0 Å². The summed E-state index contributed by atoms with van der Waals surface area (Å²) in [5, 5.41) is 4.28. The number of nitrogens with zero attached hydrogens (tertiary/aromatic N) is 3. The number of hydrogen-bond donors (Lipinski definition) is 0. The summed E-state index contributed by atoms with van der Waals surface area (Å²) in [5.41, 5.74) is 4.05. The van der Waals surface area contributed by atoms with Crippen LogP contribution < -0.4 is 9.47 Å². The summed E-state index contributed by atoms with van der Waals surface area (Å²) < 4.78 is 29.6. The zero-order valence-electron chi connectivity index (χ0n) is 16.9. The second-order valence-electron chi connectivity index (χ2n) is 7.83. The van der Waals surface area contributed by atoms with Crippen LogP contribution in [0.15, 0.2) is 47.0 Å². The largest absolute Gasteiger partial charge is 0.454 e. The van der Waals surface area contributed by atoms with Gasteiger partial charge in [0.1, 0.15) is 11.5 Å². The van der Waals surface area contributed by atoms with Crippen LogP contribution in [0.1, 0.15) is 16.8 Å². The predicted molar refractivity (Wildman–Crippen MR) is 110 cm³/mol. The molecule has 3 aromatic rings. The monoisotopic (exact) mass is 409 g/mol. The quantitative estimate of drug-likeness (QED) is 0.638.